The number of halogens is 1. The Labute approximate surface area is 78.6 Å². The highest BCUT2D eigenvalue weighted by atomic mass is 79.9. The summed E-state index contributed by atoms with van der Waals surface area (Å²) in [5.74, 6) is 0.0508. The summed E-state index contributed by atoms with van der Waals surface area (Å²) < 4.78 is 5.63. The molecule has 12 heavy (non-hydrogen) atoms. The molecule has 0 fully saturated rings. The normalized spacial score (nSPS) is 9.50. The molecule has 64 valence electrons. The second-order valence-electron chi connectivity index (χ2n) is 2.11. The Kier molecular flexibility index (Phi) is 3.25. The van der Waals surface area contributed by atoms with E-state index in [1.807, 2.05) is 6.07 Å². The van der Waals surface area contributed by atoms with E-state index in [1.165, 1.54) is 0 Å². The van der Waals surface area contributed by atoms with Crippen molar-refractivity contribution < 1.29 is 9.53 Å². The zero-order chi connectivity index (χ0) is 8.97. The van der Waals surface area contributed by atoms with E-state index in [2.05, 4.69) is 15.9 Å². The summed E-state index contributed by atoms with van der Waals surface area (Å²) in [6, 6.07) is 7.10. The maximum Gasteiger partial charge on any atom is 0.325 e. The van der Waals surface area contributed by atoms with E-state index in [0.717, 1.165) is 4.47 Å². The number of nitrogens with two attached hydrogens (primary N) is 1. The zero-order valence-electron chi connectivity index (χ0n) is 6.29. The van der Waals surface area contributed by atoms with Crippen LogP contribution in [0.5, 0.6) is 5.75 Å². The molecular formula is C8H8BrNO2. The van der Waals surface area contributed by atoms with E-state index in [-0.39, 0.29) is 6.54 Å². The van der Waals surface area contributed by atoms with Crippen LogP contribution in [0.3, 0.4) is 0 Å². The minimum Gasteiger partial charge on any atom is -0.424 e. The molecule has 0 saturated carbocycles. The van der Waals surface area contributed by atoms with Gasteiger partial charge in [0.25, 0.3) is 0 Å². The molecule has 2 N–H and O–H groups in total. The van der Waals surface area contributed by atoms with Crippen molar-refractivity contribution in [3.63, 3.8) is 0 Å². The molecule has 0 bridgehead atoms. The van der Waals surface area contributed by atoms with Gasteiger partial charge in [0.2, 0.25) is 0 Å². The lowest BCUT2D eigenvalue weighted by atomic mass is 10.3. The third-order valence-electron chi connectivity index (χ3n) is 1.23. The maximum absolute atomic E-state index is 10.8. The van der Waals surface area contributed by atoms with Crippen molar-refractivity contribution in [2.75, 3.05) is 6.54 Å². The summed E-state index contributed by atoms with van der Waals surface area (Å²) in [6.45, 7) is -0.110. The third kappa shape index (κ3) is 2.32. The standard InChI is InChI=1S/C8H8BrNO2/c9-6-3-1-2-4-7(6)12-8(11)5-10/h1-4H,5,10H2. The maximum atomic E-state index is 10.8. The zero-order valence-corrected chi connectivity index (χ0v) is 7.87. The number of para-hydroxylation sites is 1. The Balaban J connectivity index is 2.75. The SMILES string of the molecule is NCC(=O)Oc1ccccc1Br. The lowest BCUT2D eigenvalue weighted by Gasteiger charge is -2.03. The summed E-state index contributed by atoms with van der Waals surface area (Å²) in [4.78, 5) is 10.8. The van der Waals surface area contributed by atoms with Gasteiger partial charge in [-0.1, -0.05) is 12.1 Å². The number of esters is 1. The second kappa shape index (κ2) is 4.23. The van der Waals surface area contributed by atoms with Crippen molar-refractivity contribution in [2.24, 2.45) is 5.73 Å². The van der Waals surface area contributed by atoms with E-state index in [0.29, 0.717) is 5.75 Å². The predicted octanol–water partition coefficient (Wildman–Crippen LogP) is 1.31. The van der Waals surface area contributed by atoms with E-state index >= 15 is 0 Å². The highest BCUT2D eigenvalue weighted by molar-refractivity contribution is 9.10. The molecule has 4 heteroatoms. The van der Waals surface area contributed by atoms with Crippen LogP contribution in [0.1, 0.15) is 0 Å². The van der Waals surface area contributed by atoms with Crippen LogP contribution < -0.4 is 10.5 Å². The molecule has 0 radical (unpaired) electrons. The van der Waals surface area contributed by atoms with Crippen molar-refractivity contribution in [3.05, 3.63) is 28.7 Å². The molecule has 0 unspecified atom stereocenters. The van der Waals surface area contributed by atoms with Crippen molar-refractivity contribution in [2.45, 2.75) is 0 Å². The van der Waals surface area contributed by atoms with Gasteiger partial charge in [-0.25, -0.2) is 0 Å². The van der Waals surface area contributed by atoms with Crippen LogP contribution in [0, 0.1) is 0 Å². The van der Waals surface area contributed by atoms with E-state index in [4.69, 9.17) is 10.5 Å². The number of carbonyl (C=O) groups is 1. The predicted molar refractivity (Wildman–Crippen MR) is 48.8 cm³/mol. The minimum absolute atomic E-state index is 0.110. The molecule has 1 rings (SSSR count). The van der Waals surface area contributed by atoms with Crippen LogP contribution >= 0.6 is 15.9 Å². The number of carbonyl (C=O) groups excluding carboxylic acids is 1. The lowest BCUT2D eigenvalue weighted by molar-refractivity contribution is -0.132. The number of ether oxygens (including phenoxy) is 1. The molecule has 0 saturated heterocycles. The molecule has 3 nitrogen and oxygen atoms in total. The molecule has 0 aromatic heterocycles. The second-order valence-corrected chi connectivity index (χ2v) is 2.96. The lowest BCUT2D eigenvalue weighted by Crippen LogP contribution is -2.19. The van der Waals surface area contributed by atoms with E-state index < -0.39 is 5.97 Å². The largest absolute Gasteiger partial charge is 0.424 e. The third-order valence-corrected chi connectivity index (χ3v) is 1.88. The van der Waals surface area contributed by atoms with Gasteiger partial charge in [0.1, 0.15) is 5.75 Å². The average Bonchev–Trinajstić information content (AvgIpc) is 2.09. The number of benzene rings is 1. The molecule has 0 aliphatic carbocycles. The molecule has 0 aliphatic heterocycles. The Hall–Kier alpha value is -0.870. The van der Waals surface area contributed by atoms with Gasteiger partial charge in [-0.3, -0.25) is 4.79 Å². The van der Waals surface area contributed by atoms with Crippen molar-refractivity contribution in [3.8, 4) is 5.75 Å². The molecule has 0 aliphatic rings. The van der Waals surface area contributed by atoms with Crippen molar-refractivity contribution in [1.82, 2.24) is 0 Å². The molecule has 0 amide bonds. The van der Waals surface area contributed by atoms with E-state index in [1.54, 1.807) is 18.2 Å². The summed E-state index contributed by atoms with van der Waals surface area (Å²) in [7, 11) is 0. The molecule has 0 heterocycles. The topological polar surface area (TPSA) is 52.3 Å². The summed E-state index contributed by atoms with van der Waals surface area (Å²) in [5, 5.41) is 0. The van der Waals surface area contributed by atoms with Gasteiger partial charge in [0, 0.05) is 0 Å². The Bertz CT molecular complexity index is 288. The molecule has 1 aromatic carbocycles. The fourth-order valence-electron chi connectivity index (χ4n) is 0.692. The number of hydrogen-bond acceptors (Lipinski definition) is 3. The summed E-state index contributed by atoms with van der Waals surface area (Å²) in [5.41, 5.74) is 5.08. The number of rotatable bonds is 2. The molecule has 0 spiro atoms. The highest BCUT2D eigenvalue weighted by Crippen LogP contribution is 2.23. The average molecular weight is 230 g/mol. The Morgan fingerprint density at radius 2 is 2.17 bits per heavy atom. The van der Waals surface area contributed by atoms with Crippen LogP contribution in [0.15, 0.2) is 28.7 Å². The van der Waals surface area contributed by atoms with Gasteiger partial charge < -0.3 is 10.5 Å². The van der Waals surface area contributed by atoms with Gasteiger partial charge in [-0.2, -0.15) is 0 Å². The fraction of sp³-hybridized carbons (Fsp3) is 0.125. The van der Waals surface area contributed by atoms with Gasteiger partial charge in [-0.05, 0) is 28.1 Å². The van der Waals surface area contributed by atoms with Gasteiger partial charge in [-0.15, -0.1) is 0 Å². The first-order chi connectivity index (χ1) is 5.74. The first-order valence-corrected chi connectivity index (χ1v) is 4.18. The summed E-state index contributed by atoms with van der Waals surface area (Å²) in [6.07, 6.45) is 0. The number of hydrogen-bond donors (Lipinski definition) is 1. The monoisotopic (exact) mass is 229 g/mol. The summed E-state index contributed by atoms with van der Waals surface area (Å²) >= 11 is 3.24. The van der Waals surface area contributed by atoms with Crippen LogP contribution in [-0.2, 0) is 4.79 Å². The van der Waals surface area contributed by atoms with Crippen LogP contribution in [0.25, 0.3) is 0 Å². The van der Waals surface area contributed by atoms with Gasteiger partial charge >= 0.3 is 5.97 Å². The first kappa shape index (κ1) is 9.22. The molecule has 1 aromatic rings. The van der Waals surface area contributed by atoms with Gasteiger partial charge in [0.15, 0.2) is 0 Å². The molecular weight excluding hydrogens is 222 g/mol. The van der Waals surface area contributed by atoms with Crippen molar-refractivity contribution in [1.29, 1.82) is 0 Å². The van der Waals surface area contributed by atoms with Crippen LogP contribution in [0.4, 0.5) is 0 Å². The smallest absolute Gasteiger partial charge is 0.325 e. The van der Waals surface area contributed by atoms with Crippen LogP contribution in [-0.4, -0.2) is 12.5 Å². The van der Waals surface area contributed by atoms with Crippen LogP contribution in [0.2, 0.25) is 0 Å². The Morgan fingerprint density at radius 3 is 2.75 bits per heavy atom. The Morgan fingerprint density at radius 1 is 1.50 bits per heavy atom. The quantitative estimate of drug-likeness (QED) is 0.615. The first-order valence-electron chi connectivity index (χ1n) is 3.39. The van der Waals surface area contributed by atoms with Crippen molar-refractivity contribution >= 4 is 21.9 Å². The van der Waals surface area contributed by atoms with E-state index in [9.17, 15) is 4.79 Å². The minimum atomic E-state index is -0.443. The highest BCUT2D eigenvalue weighted by Gasteiger charge is 2.03. The fourth-order valence-corrected chi connectivity index (χ4v) is 1.06. The molecule has 0 atom stereocenters. The van der Waals surface area contributed by atoms with Gasteiger partial charge in [0.05, 0.1) is 11.0 Å².